The number of aliphatic hydroxyl groups is 1. The fourth-order valence-electron chi connectivity index (χ4n) is 1.98. The Kier molecular flexibility index (Phi) is 3.08. The molecule has 94 valence electrons. The minimum absolute atomic E-state index is 0.0519. The van der Waals surface area contributed by atoms with Crippen LogP contribution in [0.25, 0.3) is 16.9 Å². The third kappa shape index (κ3) is 2.26. The minimum atomic E-state index is -0.0519. The van der Waals surface area contributed by atoms with Crippen molar-refractivity contribution >= 4 is 0 Å². The van der Waals surface area contributed by atoms with Crippen molar-refractivity contribution < 1.29 is 5.11 Å². The number of aromatic nitrogens is 3. The van der Waals surface area contributed by atoms with Crippen LogP contribution in [0.4, 0.5) is 0 Å². The highest BCUT2D eigenvalue weighted by Gasteiger charge is 2.07. The fourth-order valence-corrected chi connectivity index (χ4v) is 1.98. The van der Waals surface area contributed by atoms with E-state index in [9.17, 15) is 5.11 Å². The molecule has 0 unspecified atom stereocenters. The van der Waals surface area contributed by atoms with E-state index in [1.165, 1.54) is 0 Å². The molecular formula is C15H13N3O. The van der Waals surface area contributed by atoms with Crippen molar-refractivity contribution in [1.29, 1.82) is 0 Å². The Labute approximate surface area is 111 Å². The van der Waals surface area contributed by atoms with Gasteiger partial charge < -0.3 is 5.11 Å². The van der Waals surface area contributed by atoms with E-state index >= 15 is 0 Å². The van der Waals surface area contributed by atoms with E-state index in [0.717, 1.165) is 16.7 Å². The molecule has 0 aliphatic rings. The summed E-state index contributed by atoms with van der Waals surface area (Å²) in [5, 5.41) is 13.6. The summed E-state index contributed by atoms with van der Waals surface area (Å²) >= 11 is 0. The Hall–Kier alpha value is -2.46. The highest BCUT2D eigenvalue weighted by Crippen LogP contribution is 2.20. The smallest absolute Gasteiger partial charge is 0.158 e. The lowest BCUT2D eigenvalue weighted by Crippen LogP contribution is -2.02. The van der Waals surface area contributed by atoms with Gasteiger partial charge in [0, 0.05) is 23.5 Å². The maximum absolute atomic E-state index is 9.32. The van der Waals surface area contributed by atoms with Gasteiger partial charge in [-0.25, -0.2) is 9.67 Å². The molecule has 0 saturated heterocycles. The maximum atomic E-state index is 9.32. The predicted molar refractivity (Wildman–Crippen MR) is 72.7 cm³/mol. The molecule has 19 heavy (non-hydrogen) atoms. The van der Waals surface area contributed by atoms with Gasteiger partial charge in [-0.15, -0.1) is 0 Å². The highest BCUT2D eigenvalue weighted by atomic mass is 16.3. The van der Waals surface area contributed by atoms with Crippen molar-refractivity contribution in [3.63, 3.8) is 0 Å². The van der Waals surface area contributed by atoms with Crippen molar-refractivity contribution in [2.24, 2.45) is 0 Å². The summed E-state index contributed by atoms with van der Waals surface area (Å²) in [6, 6.07) is 13.7. The average molecular weight is 251 g/mol. The Morgan fingerprint density at radius 2 is 1.84 bits per heavy atom. The first-order valence-electron chi connectivity index (χ1n) is 6.03. The summed E-state index contributed by atoms with van der Waals surface area (Å²) in [4.78, 5) is 4.27. The number of benzene rings is 1. The quantitative estimate of drug-likeness (QED) is 0.777. The first-order valence-corrected chi connectivity index (χ1v) is 6.03. The molecule has 0 fully saturated rings. The van der Waals surface area contributed by atoms with Crippen molar-refractivity contribution in [1.82, 2.24) is 14.8 Å². The number of pyridine rings is 1. The zero-order chi connectivity index (χ0) is 13.1. The molecule has 0 spiro atoms. The molecule has 0 atom stereocenters. The minimum Gasteiger partial charge on any atom is -0.392 e. The standard InChI is InChI=1S/C15H13N3O/c19-11-13-7-4-8-16-15(13)18-10-14(9-17-18)12-5-2-1-3-6-12/h1-10,19H,11H2. The van der Waals surface area contributed by atoms with Crippen molar-refractivity contribution in [3.05, 3.63) is 66.6 Å². The summed E-state index contributed by atoms with van der Waals surface area (Å²) in [6.07, 6.45) is 5.40. The van der Waals surface area contributed by atoms with Crippen LogP contribution < -0.4 is 0 Å². The van der Waals surface area contributed by atoms with Crippen LogP contribution in [-0.2, 0) is 6.61 Å². The predicted octanol–water partition coefficient (Wildman–Crippen LogP) is 2.43. The SMILES string of the molecule is OCc1cccnc1-n1cc(-c2ccccc2)cn1. The van der Waals surface area contributed by atoms with Gasteiger partial charge in [0.15, 0.2) is 5.82 Å². The van der Waals surface area contributed by atoms with E-state index < -0.39 is 0 Å². The largest absolute Gasteiger partial charge is 0.392 e. The number of rotatable bonds is 3. The molecule has 2 heterocycles. The number of nitrogens with zero attached hydrogens (tertiary/aromatic N) is 3. The Balaban J connectivity index is 2.02. The maximum Gasteiger partial charge on any atom is 0.158 e. The second-order valence-corrected chi connectivity index (χ2v) is 4.18. The van der Waals surface area contributed by atoms with E-state index in [1.54, 1.807) is 23.1 Å². The molecule has 0 saturated carbocycles. The van der Waals surface area contributed by atoms with Crippen LogP contribution in [0.2, 0.25) is 0 Å². The topological polar surface area (TPSA) is 50.9 Å². The number of hydrogen-bond acceptors (Lipinski definition) is 3. The van der Waals surface area contributed by atoms with E-state index in [0.29, 0.717) is 5.82 Å². The van der Waals surface area contributed by atoms with Crippen LogP contribution in [0, 0.1) is 0 Å². The van der Waals surface area contributed by atoms with Crippen molar-refractivity contribution in [3.8, 4) is 16.9 Å². The first-order chi connectivity index (χ1) is 9.38. The monoisotopic (exact) mass is 251 g/mol. The van der Waals surface area contributed by atoms with Gasteiger partial charge in [0.1, 0.15) is 0 Å². The van der Waals surface area contributed by atoms with Crippen LogP contribution in [0.3, 0.4) is 0 Å². The fraction of sp³-hybridized carbons (Fsp3) is 0.0667. The summed E-state index contributed by atoms with van der Waals surface area (Å²) in [5.74, 6) is 0.659. The van der Waals surface area contributed by atoms with Crippen LogP contribution in [0.5, 0.6) is 0 Å². The molecule has 3 aromatic rings. The molecule has 1 aromatic carbocycles. The van der Waals surface area contributed by atoms with Crippen LogP contribution in [0.15, 0.2) is 61.1 Å². The Morgan fingerprint density at radius 1 is 1.00 bits per heavy atom. The van der Waals surface area contributed by atoms with Crippen molar-refractivity contribution in [2.45, 2.75) is 6.61 Å². The van der Waals surface area contributed by atoms with Gasteiger partial charge in [-0.3, -0.25) is 0 Å². The average Bonchev–Trinajstić information content (AvgIpc) is 2.98. The molecule has 2 aromatic heterocycles. The molecular weight excluding hydrogens is 238 g/mol. The summed E-state index contributed by atoms with van der Waals surface area (Å²) < 4.78 is 1.69. The lowest BCUT2D eigenvalue weighted by atomic mass is 10.1. The molecule has 0 aliphatic heterocycles. The lowest BCUT2D eigenvalue weighted by molar-refractivity contribution is 0.281. The molecule has 0 aliphatic carbocycles. The van der Waals surface area contributed by atoms with Gasteiger partial charge in [-0.2, -0.15) is 5.10 Å². The molecule has 1 N–H and O–H groups in total. The third-order valence-electron chi connectivity index (χ3n) is 2.94. The van der Waals surface area contributed by atoms with Gasteiger partial charge in [0.25, 0.3) is 0 Å². The second kappa shape index (κ2) is 5.04. The van der Waals surface area contributed by atoms with Crippen LogP contribution >= 0.6 is 0 Å². The van der Waals surface area contributed by atoms with Gasteiger partial charge in [0.05, 0.1) is 12.8 Å². The molecule has 0 bridgehead atoms. The summed E-state index contributed by atoms with van der Waals surface area (Å²) in [6.45, 7) is -0.0519. The van der Waals surface area contributed by atoms with E-state index in [2.05, 4.69) is 10.1 Å². The number of aliphatic hydroxyl groups excluding tert-OH is 1. The van der Waals surface area contributed by atoms with Gasteiger partial charge in [0.2, 0.25) is 0 Å². The van der Waals surface area contributed by atoms with E-state index in [1.807, 2.05) is 42.6 Å². The molecule has 4 nitrogen and oxygen atoms in total. The summed E-state index contributed by atoms with van der Waals surface area (Å²) in [5.41, 5.74) is 2.88. The Morgan fingerprint density at radius 3 is 2.63 bits per heavy atom. The highest BCUT2D eigenvalue weighted by molar-refractivity contribution is 5.61. The normalized spacial score (nSPS) is 10.6. The lowest BCUT2D eigenvalue weighted by Gasteiger charge is -2.04. The van der Waals surface area contributed by atoms with Gasteiger partial charge in [-0.05, 0) is 11.6 Å². The van der Waals surface area contributed by atoms with Crippen molar-refractivity contribution in [2.75, 3.05) is 0 Å². The van der Waals surface area contributed by atoms with Gasteiger partial charge >= 0.3 is 0 Å². The molecule has 0 amide bonds. The molecule has 4 heteroatoms. The Bertz CT molecular complexity index is 677. The first kappa shape index (κ1) is 11.6. The number of hydrogen-bond donors (Lipinski definition) is 1. The molecule has 0 radical (unpaired) electrons. The van der Waals surface area contributed by atoms with Crippen LogP contribution in [-0.4, -0.2) is 19.9 Å². The zero-order valence-corrected chi connectivity index (χ0v) is 10.3. The van der Waals surface area contributed by atoms with Gasteiger partial charge in [-0.1, -0.05) is 36.4 Å². The van der Waals surface area contributed by atoms with E-state index in [-0.39, 0.29) is 6.61 Å². The summed E-state index contributed by atoms with van der Waals surface area (Å²) in [7, 11) is 0. The van der Waals surface area contributed by atoms with Crippen LogP contribution in [0.1, 0.15) is 5.56 Å². The molecule has 3 rings (SSSR count). The van der Waals surface area contributed by atoms with E-state index in [4.69, 9.17) is 0 Å². The zero-order valence-electron chi connectivity index (χ0n) is 10.3. The second-order valence-electron chi connectivity index (χ2n) is 4.18. The third-order valence-corrected chi connectivity index (χ3v) is 2.94.